The van der Waals surface area contributed by atoms with Gasteiger partial charge in [-0.05, 0) is 39.4 Å². The maximum Gasteiger partial charge on any atom is 0.191 e. The van der Waals surface area contributed by atoms with E-state index in [9.17, 15) is 0 Å². The maximum atomic E-state index is 4.38. The van der Waals surface area contributed by atoms with E-state index >= 15 is 0 Å². The van der Waals surface area contributed by atoms with Crippen LogP contribution in [0.2, 0.25) is 0 Å². The van der Waals surface area contributed by atoms with Gasteiger partial charge in [0.15, 0.2) is 5.96 Å². The Morgan fingerprint density at radius 2 is 2.00 bits per heavy atom. The zero-order chi connectivity index (χ0) is 15.3. The number of likely N-dealkylation sites (tertiary alicyclic amines) is 1. The van der Waals surface area contributed by atoms with Crippen molar-refractivity contribution < 1.29 is 0 Å². The van der Waals surface area contributed by atoms with Crippen LogP contribution in [0.25, 0.3) is 0 Å². The Kier molecular flexibility index (Phi) is 6.23. The minimum Gasteiger partial charge on any atom is -0.355 e. The van der Waals surface area contributed by atoms with Gasteiger partial charge in [-0.3, -0.25) is 9.89 Å². The Hall–Kier alpha value is -0.420. The van der Waals surface area contributed by atoms with E-state index in [1.165, 1.54) is 45.2 Å². The second-order valence-electron chi connectivity index (χ2n) is 6.95. The van der Waals surface area contributed by atoms with Crippen LogP contribution in [0.4, 0.5) is 0 Å². The molecule has 0 aromatic heterocycles. The molecule has 122 valence electrons. The molecule has 1 aliphatic carbocycles. The molecular formula is C16H32N4S. The van der Waals surface area contributed by atoms with E-state index < -0.39 is 0 Å². The molecule has 0 bridgehead atoms. The van der Waals surface area contributed by atoms with Crippen LogP contribution in [0.15, 0.2) is 4.99 Å². The summed E-state index contributed by atoms with van der Waals surface area (Å²) in [6.45, 7) is 7.88. The van der Waals surface area contributed by atoms with Crippen molar-refractivity contribution >= 4 is 17.7 Å². The fourth-order valence-electron chi connectivity index (χ4n) is 3.26. The molecule has 1 atom stereocenters. The summed E-state index contributed by atoms with van der Waals surface area (Å²) in [5, 5.41) is 7.08. The molecule has 1 unspecified atom stereocenters. The van der Waals surface area contributed by atoms with E-state index in [0.717, 1.165) is 18.5 Å². The zero-order valence-corrected chi connectivity index (χ0v) is 14.9. The van der Waals surface area contributed by atoms with Crippen molar-refractivity contribution in [1.82, 2.24) is 15.5 Å². The van der Waals surface area contributed by atoms with Gasteiger partial charge in [-0.2, -0.15) is 11.8 Å². The lowest BCUT2D eigenvalue weighted by atomic mass is 10.2. The summed E-state index contributed by atoms with van der Waals surface area (Å²) >= 11 is 1.89. The summed E-state index contributed by atoms with van der Waals surface area (Å²) in [7, 11) is 1.87. The van der Waals surface area contributed by atoms with Gasteiger partial charge < -0.3 is 10.6 Å². The molecular weight excluding hydrogens is 280 g/mol. The molecule has 0 aromatic carbocycles. The number of thioether (sulfide) groups is 1. The lowest BCUT2D eigenvalue weighted by Gasteiger charge is -2.26. The number of nitrogens with zero attached hydrogens (tertiary/aromatic N) is 2. The maximum absolute atomic E-state index is 4.38. The highest BCUT2D eigenvalue weighted by Gasteiger charge is 2.30. The van der Waals surface area contributed by atoms with Crippen molar-refractivity contribution in [2.45, 2.75) is 62.8 Å². The third kappa shape index (κ3) is 5.06. The van der Waals surface area contributed by atoms with Gasteiger partial charge in [0.2, 0.25) is 0 Å². The first kappa shape index (κ1) is 16.9. The second-order valence-corrected chi connectivity index (χ2v) is 8.47. The van der Waals surface area contributed by atoms with Gasteiger partial charge in [0, 0.05) is 43.5 Å². The van der Waals surface area contributed by atoms with Crippen LogP contribution < -0.4 is 10.6 Å². The molecule has 1 aliphatic heterocycles. The fraction of sp³-hybridized carbons (Fsp3) is 0.938. The molecule has 0 radical (unpaired) electrons. The summed E-state index contributed by atoms with van der Waals surface area (Å²) in [4.78, 5) is 7.06. The lowest BCUT2D eigenvalue weighted by Crippen LogP contribution is -2.48. The molecule has 0 amide bonds. The summed E-state index contributed by atoms with van der Waals surface area (Å²) in [6, 6.07) is 1.40. The van der Waals surface area contributed by atoms with E-state index in [4.69, 9.17) is 0 Å². The number of nitrogens with one attached hydrogen (secondary N) is 2. The van der Waals surface area contributed by atoms with Gasteiger partial charge >= 0.3 is 0 Å². The molecule has 2 rings (SSSR count). The monoisotopic (exact) mass is 312 g/mol. The highest BCUT2D eigenvalue weighted by molar-refractivity contribution is 7.99. The molecule has 2 aliphatic rings. The van der Waals surface area contributed by atoms with Crippen LogP contribution in [0.1, 0.15) is 46.0 Å². The lowest BCUT2D eigenvalue weighted by molar-refractivity contribution is 0.242. The minimum absolute atomic E-state index is 0.239. The van der Waals surface area contributed by atoms with Crippen LogP contribution in [0.3, 0.4) is 0 Å². The Labute approximate surface area is 134 Å². The molecule has 1 saturated heterocycles. The molecule has 1 heterocycles. The molecule has 0 aromatic rings. The number of rotatable bonds is 5. The van der Waals surface area contributed by atoms with Crippen molar-refractivity contribution in [3.63, 3.8) is 0 Å². The van der Waals surface area contributed by atoms with Gasteiger partial charge in [-0.1, -0.05) is 12.8 Å². The van der Waals surface area contributed by atoms with Crippen LogP contribution in [-0.2, 0) is 0 Å². The van der Waals surface area contributed by atoms with Crippen LogP contribution >= 0.6 is 11.8 Å². The molecule has 21 heavy (non-hydrogen) atoms. The third-order valence-corrected chi connectivity index (χ3v) is 6.11. The zero-order valence-electron chi connectivity index (χ0n) is 14.1. The molecule has 5 heteroatoms. The first-order chi connectivity index (χ1) is 10.0. The van der Waals surface area contributed by atoms with Crippen molar-refractivity contribution in [3.05, 3.63) is 0 Å². The molecule has 4 nitrogen and oxygen atoms in total. The first-order valence-electron chi connectivity index (χ1n) is 8.30. The topological polar surface area (TPSA) is 39.7 Å². The van der Waals surface area contributed by atoms with E-state index in [1.807, 2.05) is 18.8 Å². The highest BCUT2D eigenvalue weighted by atomic mass is 32.2. The van der Waals surface area contributed by atoms with E-state index in [2.05, 4.69) is 40.6 Å². The molecule has 2 fully saturated rings. The average Bonchev–Trinajstić information content (AvgIpc) is 3.14. The minimum atomic E-state index is 0.239. The number of aliphatic imine (C=N–C) groups is 1. The van der Waals surface area contributed by atoms with Crippen LogP contribution in [0.5, 0.6) is 0 Å². The van der Waals surface area contributed by atoms with Crippen LogP contribution in [0, 0.1) is 0 Å². The van der Waals surface area contributed by atoms with Gasteiger partial charge in [-0.15, -0.1) is 0 Å². The van der Waals surface area contributed by atoms with E-state index in [-0.39, 0.29) is 4.75 Å². The summed E-state index contributed by atoms with van der Waals surface area (Å²) in [6.07, 6.45) is 9.05. The Balaban J connectivity index is 1.75. The predicted octanol–water partition coefficient (Wildman–Crippen LogP) is 2.31. The fourth-order valence-corrected chi connectivity index (χ4v) is 3.48. The smallest absolute Gasteiger partial charge is 0.191 e. The van der Waals surface area contributed by atoms with E-state index in [1.54, 1.807) is 0 Å². The summed E-state index contributed by atoms with van der Waals surface area (Å²) in [5.41, 5.74) is 0. The molecule has 1 saturated carbocycles. The SMILES string of the molecule is CN=C(NCC(C)(C)SC)NC1CCN(C2CCCC2)C1. The summed E-state index contributed by atoms with van der Waals surface area (Å²) < 4.78 is 0.239. The predicted molar refractivity (Wildman–Crippen MR) is 94.3 cm³/mol. The van der Waals surface area contributed by atoms with Gasteiger partial charge in [0.25, 0.3) is 0 Å². The Bertz CT molecular complexity index is 350. The average molecular weight is 313 g/mol. The standard InChI is InChI=1S/C16H32N4S/c1-16(2,21-4)12-18-15(17-3)19-13-9-10-20(11-13)14-7-5-6-8-14/h13-14H,5-12H2,1-4H3,(H2,17,18,19). The number of hydrogen-bond acceptors (Lipinski definition) is 3. The van der Waals surface area contributed by atoms with Crippen molar-refractivity contribution in [2.24, 2.45) is 4.99 Å². The van der Waals surface area contributed by atoms with Gasteiger partial charge in [0.1, 0.15) is 0 Å². The van der Waals surface area contributed by atoms with Crippen molar-refractivity contribution in [3.8, 4) is 0 Å². The normalized spacial score (nSPS) is 25.5. The number of guanidine groups is 1. The van der Waals surface area contributed by atoms with Crippen LogP contribution in [-0.4, -0.2) is 60.6 Å². The van der Waals surface area contributed by atoms with E-state index in [0.29, 0.717) is 6.04 Å². The van der Waals surface area contributed by atoms with Crippen molar-refractivity contribution in [1.29, 1.82) is 0 Å². The quantitative estimate of drug-likeness (QED) is 0.604. The van der Waals surface area contributed by atoms with Crippen molar-refractivity contribution in [2.75, 3.05) is 32.9 Å². The first-order valence-corrected chi connectivity index (χ1v) is 9.53. The second kappa shape index (κ2) is 7.73. The van der Waals surface area contributed by atoms with Gasteiger partial charge in [0.05, 0.1) is 0 Å². The highest BCUT2D eigenvalue weighted by Crippen LogP contribution is 2.26. The largest absolute Gasteiger partial charge is 0.355 e. The van der Waals surface area contributed by atoms with Gasteiger partial charge in [-0.25, -0.2) is 0 Å². The Morgan fingerprint density at radius 1 is 1.29 bits per heavy atom. The summed E-state index contributed by atoms with van der Waals surface area (Å²) in [5.74, 6) is 0.954. The number of hydrogen-bond donors (Lipinski definition) is 2. The Morgan fingerprint density at radius 3 is 2.62 bits per heavy atom. The third-order valence-electron chi connectivity index (χ3n) is 4.86. The molecule has 2 N–H and O–H groups in total. The molecule has 0 spiro atoms.